The molecule has 0 unspecified atom stereocenters. The first-order valence-corrected chi connectivity index (χ1v) is 10.4. The average molecular weight is 428 g/mol. The van der Waals surface area contributed by atoms with Crippen LogP contribution in [0.4, 0.5) is 16.2 Å². The lowest BCUT2D eigenvalue weighted by Gasteiger charge is -2.29. The second kappa shape index (κ2) is 8.23. The number of benzene rings is 2. The van der Waals surface area contributed by atoms with E-state index in [9.17, 15) is 9.59 Å². The highest BCUT2D eigenvalue weighted by Gasteiger charge is 2.36. The van der Waals surface area contributed by atoms with E-state index >= 15 is 0 Å². The smallest absolute Gasteiger partial charge is 0.417 e. The predicted octanol–water partition coefficient (Wildman–Crippen LogP) is 5.23. The van der Waals surface area contributed by atoms with E-state index in [1.807, 2.05) is 42.5 Å². The maximum atomic E-state index is 13.4. The van der Waals surface area contributed by atoms with Gasteiger partial charge in [0.2, 0.25) is 0 Å². The first-order valence-electron chi connectivity index (χ1n) is 10.4. The van der Waals surface area contributed by atoms with Gasteiger partial charge >= 0.3 is 6.09 Å². The number of nitriles is 1. The summed E-state index contributed by atoms with van der Waals surface area (Å²) in [5.74, 6) is -0.407. The summed E-state index contributed by atoms with van der Waals surface area (Å²) in [7, 11) is 0. The summed E-state index contributed by atoms with van der Waals surface area (Å²) in [5, 5.41) is 12.5. The molecule has 0 radical (unpaired) electrons. The summed E-state index contributed by atoms with van der Waals surface area (Å²) in [6.45, 7) is 5.55. The van der Waals surface area contributed by atoms with Gasteiger partial charge < -0.3 is 15.0 Å². The molecular weight excluding hydrogens is 404 g/mol. The van der Waals surface area contributed by atoms with Crippen LogP contribution in [0.3, 0.4) is 0 Å². The molecule has 0 bridgehead atoms. The number of imide groups is 1. The van der Waals surface area contributed by atoms with Crippen LogP contribution in [0.15, 0.2) is 54.6 Å². The highest BCUT2D eigenvalue weighted by molar-refractivity contribution is 6.11. The minimum Gasteiger partial charge on any atom is -0.443 e. The Hall–Kier alpha value is -4.05. The third kappa shape index (κ3) is 4.21. The van der Waals surface area contributed by atoms with Crippen molar-refractivity contribution in [3.63, 3.8) is 0 Å². The zero-order valence-corrected chi connectivity index (χ0v) is 18.2. The molecule has 1 aliphatic rings. The number of aromatic amines is 1. The van der Waals surface area contributed by atoms with E-state index in [0.717, 1.165) is 27.5 Å². The molecular formula is C25H24N4O3. The van der Waals surface area contributed by atoms with Crippen molar-refractivity contribution in [3.8, 4) is 17.3 Å². The molecule has 7 heteroatoms. The molecule has 4 rings (SSSR count). The molecule has 2 aromatic carbocycles. The number of hydrogen-bond donors (Lipinski definition) is 2. The summed E-state index contributed by atoms with van der Waals surface area (Å²) in [4.78, 5) is 30.6. The lowest BCUT2D eigenvalue weighted by molar-refractivity contribution is 0.0233. The fraction of sp³-hybridized carbons (Fsp3) is 0.240. The number of hydrogen-bond acceptors (Lipinski definition) is 5. The number of H-pyrrole nitrogens is 1. The summed E-state index contributed by atoms with van der Waals surface area (Å²) >= 11 is 0. The zero-order chi connectivity index (χ0) is 22.9. The van der Waals surface area contributed by atoms with E-state index in [1.54, 1.807) is 32.9 Å². The molecule has 0 spiro atoms. The van der Waals surface area contributed by atoms with E-state index in [0.29, 0.717) is 23.2 Å². The molecule has 2 amide bonds. The minimum atomic E-state index is -0.700. The average Bonchev–Trinajstić information content (AvgIpc) is 3.12. The van der Waals surface area contributed by atoms with Gasteiger partial charge in [-0.3, -0.25) is 4.79 Å². The van der Waals surface area contributed by atoms with Crippen LogP contribution >= 0.6 is 0 Å². The number of para-hydroxylation sites is 1. The largest absolute Gasteiger partial charge is 0.443 e. The van der Waals surface area contributed by atoms with Gasteiger partial charge in [0, 0.05) is 29.9 Å². The van der Waals surface area contributed by atoms with Gasteiger partial charge in [0.05, 0.1) is 28.6 Å². The van der Waals surface area contributed by atoms with Crippen LogP contribution in [0.1, 0.15) is 42.4 Å². The van der Waals surface area contributed by atoms with E-state index in [2.05, 4.69) is 16.4 Å². The van der Waals surface area contributed by atoms with Crippen LogP contribution in [-0.2, 0) is 11.2 Å². The van der Waals surface area contributed by atoms with E-state index < -0.39 is 17.6 Å². The number of aromatic nitrogens is 1. The molecule has 2 N–H and O–H groups in total. The van der Waals surface area contributed by atoms with Crippen LogP contribution in [0.5, 0.6) is 0 Å². The molecule has 32 heavy (non-hydrogen) atoms. The van der Waals surface area contributed by atoms with Crippen molar-refractivity contribution in [1.82, 2.24) is 9.88 Å². The summed E-state index contributed by atoms with van der Waals surface area (Å²) in [5.41, 5.74) is 3.98. The van der Waals surface area contributed by atoms with Gasteiger partial charge in [-0.1, -0.05) is 30.3 Å². The number of carbonyl (C=O) groups excluding carboxylic acids is 2. The number of anilines is 2. The van der Waals surface area contributed by atoms with Gasteiger partial charge in [0.1, 0.15) is 5.60 Å². The monoisotopic (exact) mass is 428 g/mol. The number of rotatable bonds is 3. The van der Waals surface area contributed by atoms with Crippen molar-refractivity contribution in [3.05, 3.63) is 71.4 Å². The van der Waals surface area contributed by atoms with E-state index in [1.165, 1.54) is 0 Å². The van der Waals surface area contributed by atoms with Crippen LogP contribution in [0, 0.1) is 11.3 Å². The van der Waals surface area contributed by atoms with Gasteiger partial charge in [0.15, 0.2) is 0 Å². The van der Waals surface area contributed by atoms with Crippen molar-refractivity contribution in [2.24, 2.45) is 0 Å². The molecule has 7 nitrogen and oxygen atoms in total. The standard InChI is InChI=1S/C25H24N4O3/c1-25(2,3)32-24(31)29-14-13-19-20(23(29)30)22(27-18-7-5-4-6-8-18)21(28-19)17-11-9-16(15-26)10-12-17/h4-12,27-28H,13-14H2,1-3H3. The number of nitrogens with zero attached hydrogens (tertiary/aromatic N) is 2. The first-order chi connectivity index (χ1) is 15.3. The van der Waals surface area contributed by atoms with E-state index in [4.69, 9.17) is 10.00 Å². The summed E-state index contributed by atoms with van der Waals surface area (Å²) < 4.78 is 5.44. The lowest BCUT2D eigenvalue weighted by atomic mass is 10.0. The Morgan fingerprint density at radius 3 is 2.44 bits per heavy atom. The number of carbonyl (C=O) groups is 2. The van der Waals surface area contributed by atoms with Crippen molar-refractivity contribution < 1.29 is 14.3 Å². The second-order valence-electron chi connectivity index (χ2n) is 8.60. The molecule has 1 aromatic heterocycles. The molecule has 0 saturated heterocycles. The number of amides is 2. The quantitative estimate of drug-likeness (QED) is 0.595. The summed E-state index contributed by atoms with van der Waals surface area (Å²) in [6, 6.07) is 18.8. The zero-order valence-electron chi connectivity index (χ0n) is 18.2. The van der Waals surface area contributed by atoms with Gasteiger partial charge in [-0.15, -0.1) is 0 Å². The third-order valence-corrected chi connectivity index (χ3v) is 5.08. The molecule has 0 saturated carbocycles. The fourth-order valence-electron chi connectivity index (χ4n) is 3.65. The Morgan fingerprint density at radius 2 is 1.81 bits per heavy atom. The Balaban J connectivity index is 1.79. The van der Waals surface area contributed by atoms with Crippen LogP contribution in [-0.4, -0.2) is 34.0 Å². The number of fused-ring (bicyclic) bond motifs is 1. The van der Waals surface area contributed by atoms with Gasteiger partial charge in [-0.25, -0.2) is 9.69 Å². The van der Waals surface area contributed by atoms with Gasteiger partial charge in [0.25, 0.3) is 5.91 Å². The van der Waals surface area contributed by atoms with Crippen molar-refractivity contribution in [1.29, 1.82) is 5.26 Å². The second-order valence-corrected chi connectivity index (χ2v) is 8.60. The normalized spacial score (nSPS) is 13.3. The molecule has 0 atom stereocenters. The molecule has 1 aliphatic heterocycles. The van der Waals surface area contributed by atoms with Gasteiger partial charge in [-0.2, -0.15) is 5.26 Å². The maximum absolute atomic E-state index is 13.4. The van der Waals surface area contributed by atoms with Crippen molar-refractivity contribution in [2.75, 3.05) is 11.9 Å². The maximum Gasteiger partial charge on any atom is 0.417 e. The molecule has 0 aliphatic carbocycles. The Morgan fingerprint density at radius 1 is 1.12 bits per heavy atom. The van der Waals surface area contributed by atoms with Crippen LogP contribution in [0.2, 0.25) is 0 Å². The molecule has 162 valence electrons. The molecule has 2 heterocycles. The number of nitrogens with one attached hydrogen (secondary N) is 2. The Labute approximate surface area is 186 Å². The molecule has 3 aromatic rings. The highest BCUT2D eigenvalue weighted by Crippen LogP contribution is 2.38. The predicted molar refractivity (Wildman–Crippen MR) is 122 cm³/mol. The van der Waals surface area contributed by atoms with Crippen LogP contribution in [0.25, 0.3) is 11.3 Å². The Kier molecular flexibility index (Phi) is 5.45. The topological polar surface area (TPSA) is 98.2 Å². The third-order valence-electron chi connectivity index (χ3n) is 5.08. The fourth-order valence-corrected chi connectivity index (χ4v) is 3.65. The highest BCUT2D eigenvalue weighted by atomic mass is 16.6. The summed E-state index contributed by atoms with van der Waals surface area (Å²) in [6.07, 6.45) is -0.167. The van der Waals surface area contributed by atoms with Gasteiger partial charge in [-0.05, 0) is 45.0 Å². The van der Waals surface area contributed by atoms with Crippen LogP contribution < -0.4 is 5.32 Å². The molecule has 0 fully saturated rings. The Bertz CT molecular complexity index is 1200. The minimum absolute atomic E-state index is 0.235. The van der Waals surface area contributed by atoms with E-state index in [-0.39, 0.29) is 6.54 Å². The van der Waals surface area contributed by atoms with Crippen molar-refractivity contribution in [2.45, 2.75) is 32.8 Å². The number of ether oxygens (including phenoxy) is 1. The van der Waals surface area contributed by atoms with Crippen molar-refractivity contribution >= 4 is 23.4 Å². The lowest BCUT2D eigenvalue weighted by Crippen LogP contribution is -2.44. The first kappa shape index (κ1) is 21.2. The SMILES string of the molecule is CC(C)(C)OC(=O)N1CCc2[nH]c(-c3ccc(C#N)cc3)c(Nc3ccccc3)c2C1=O.